The number of anilines is 2. The van der Waals surface area contributed by atoms with Crippen molar-refractivity contribution in [1.29, 1.82) is 0 Å². The van der Waals surface area contributed by atoms with E-state index in [-0.39, 0.29) is 48.9 Å². The van der Waals surface area contributed by atoms with Crippen molar-refractivity contribution in [3.8, 4) is 16.9 Å². The van der Waals surface area contributed by atoms with Gasteiger partial charge in [0.15, 0.2) is 5.78 Å². The van der Waals surface area contributed by atoms with E-state index in [1.165, 1.54) is 12.1 Å². The van der Waals surface area contributed by atoms with Gasteiger partial charge in [0, 0.05) is 67.8 Å². The Hall–Kier alpha value is -6.56. The number of nitrogens with zero attached hydrogens (tertiary/aromatic N) is 2. The monoisotopic (exact) mass is 864 g/mol. The van der Waals surface area contributed by atoms with Crippen molar-refractivity contribution in [3.63, 3.8) is 0 Å². The Morgan fingerprint density at radius 1 is 0.875 bits per heavy atom. The Morgan fingerprint density at radius 3 is 2.39 bits per heavy atom. The quantitative estimate of drug-likeness (QED) is 0.0702. The van der Waals surface area contributed by atoms with Crippen LogP contribution in [0.3, 0.4) is 0 Å². The van der Waals surface area contributed by atoms with E-state index in [9.17, 15) is 29.4 Å². The molecule has 0 radical (unpaired) electrons. The summed E-state index contributed by atoms with van der Waals surface area (Å²) in [5, 5.41) is 24.8. The number of hydrogen-bond donors (Lipinski definition) is 4. The van der Waals surface area contributed by atoms with Crippen LogP contribution in [0.2, 0.25) is 0 Å². The number of para-hydroxylation sites is 1. The van der Waals surface area contributed by atoms with Crippen molar-refractivity contribution in [1.82, 2.24) is 9.88 Å². The average molecular weight is 865 g/mol. The van der Waals surface area contributed by atoms with Crippen molar-refractivity contribution < 1.29 is 29.3 Å². The molecular weight excluding hydrogens is 805 g/mol. The molecule has 1 fully saturated rings. The minimum absolute atomic E-state index is 0. The largest absolute Gasteiger partial charge is 0.506 e. The number of carbonyl (C=O) groups is 3. The third-order valence-corrected chi connectivity index (χ3v) is 12.1. The van der Waals surface area contributed by atoms with Crippen LogP contribution >= 0.6 is 0 Å². The number of rotatable bonds is 16. The Morgan fingerprint density at radius 2 is 1.61 bits per heavy atom. The van der Waals surface area contributed by atoms with E-state index in [0.717, 1.165) is 40.7 Å². The molecule has 2 atom stereocenters. The molecule has 1 unspecified atom stereocenters. The van der Waals surface area contributed by atoms with Gasteiger partial charge in [-0.1, -0.05) is 105 Å². The van der Waals surface area contributed by atoms with Crippen LogP contribution in [-0.4, -0.2) is 70.7 Å². The number of phenols is 1. The number of aromatic amines is 1. The van der Waals surface area contributed by atoms with Crippen LogP contribution in [-0.2, 0) is 22.4 Å². The molecule has 64 heavy (non-hydrogen) atoms. The van der Waals surface area contributed by atoms with Crippen LogP contribution in [0, 0.1) is 12.8 Å². The number of pyridine rings is 1. The second-order valence-electron chi connectivity index (χ2n) is 16.8. The number of carbonyl (C=O) groups excluding carboxylic acids is 3. The molecule has 0 spiro atoms. The highest BCUT2D eigenvalue weighted by Crippen LogP contribution is 2.32. The number of Topliss-reactive ketones (excluding diaryl/α,β-unsaturated/α-hetero) is 1. The summed E-state index contributed by atoms with van der Waals surface area (Å²) in [6.07, 6.45) is 2.47. The van der Waals surface area contributed by atoms with Gasteiger partial charge in [-0.25, -0.2) is 4.79 Å². The zero-order chi connectivity index (χ0) is 44.5. The number of aromatic nitrogens is 1. The van der Waals surface area contributed by atoms with Gasteiger partial charge < -0.3 is 29.7 Å². The number of phenolic OH excluding ortho intramolecular Hbond substituents is 1. The third kappa shape index (κ3) is 11.9. The molecule has 11 heteroatoms. The number of piperidine rings is 1. The summed E-state index contributed by atoms with van der Waals surface area (Å²) in [4.78, 5) is 58.3. The van der Waals surface area contributed by atoms with Crippen LogP contribution in [0.25, 0.3) is 22.0 Å². The van der Waals surface area contributed by atoms with Gasteiger partial charge in [0.1, 0.15) is 11.9 Å². The molecule has 6 aromatic rings. The molecule has 2 heterocycles. The summed E-state index contributed by atoms with van der Waals surface area (Å²) >= 11 is 0. The van der Waals surface area contributed by atoms with Crippen LogP contribution in [0.4, 0.5) is 16.2 Å². The lowest BCUT2D eigenvalue weighted by Gasteiger charge is -2.32. The number of aliphatic hydroxyl groups excluding tert-OH is 1. The fourth-order valence-corrected chi connectivity index (χ4v) is 8.51. The van der Waals surface area contributed by atoms with Crippen molar-refractivity contribution >= 4 is 40.1 Å². The van der Waals surface area contributed by atoms with Gasteiger partial charge in [0.25, 0.3) is 0 Å². The van der Waals surface area contributed by atoms with Crippen molar-refractivity contribution in [2.24, 2.45) is 5.92 Å². The first-order valence-electron chi connectivity index (χ1n) is 21.8. The van der Waals surface area contributed by atoms with E-state index in [1.807, 2.05) is 91.9 Å². The summed E-state index contributed by atoms with van der Waals surface area (Å²) in [6.45, 7) is 6.08. The first-order valence-corrected chi connectivity index (χ1v) is 21.8. The molecule has 1 aromatic heterocycles. The van der Waals surface area contributed by atoms with Gasteiger partial charge in [-0.05, 0) is 97.0 Å². The molecule has 1 saturated heterocycles. The van der Waals surface area contributed by atoms with E-state index < -0.39 is 12.2 Å². The minimum atomic E-state index is -0.763. The van der Waals surface area contributed by atoms with E-state index >= 15 is 0 Å². The van der Waals surface area contributed by atoms with Gasteiger partial charge in [-0.15, -0.1) is 0 Å². The molecule has 2 amide bonds. The maximum atomic E-state index is 13.6. The van der Waals surface area contributed by atoms with Gasteiger partial charge in [0.2, 0.25) is 11.5 Å². The molecule has 4 N–H and O–H groups in total. The number of aliphatic hydroxyl groups is 1. The van der Waals surface area contributed by atoms with Crippen LogP contribution in [0.15, 0.2) is 126 Å². The molecular formula is C53H60N4O7. The summed E-state index contributed by atoms with van der Waals surface area (Å²) < 4.78 is 5.80. The summed E-state index contributed by atoms with van der Waals surface area (Å²) in [5.74, 6) is 0.131. The zero-order valence-electron chi connectivity index (χ0n) is 36.2. The van der Waals surface area contributed by atoms with E-state index in [1.54, 1.807) is 24.1 Å². The molecule has 11 nitrogen and oxygen atoms in total. The molecule has 1 aliphatic heterocycles. The number of aromatic hydroxyl groups is 1. The number of fused-ring (bicyclic) bond motifs is 1. The molecule has 334 valence electrons. The maximum absolute atomic E-state index is 13.6. The topological polar surface area (TPSA) is 152 Å². The van der Waals surface area contributed by atoms with E-state index in [0.29, 0.717) is 78.7 Å². The lowest BCUT2D eigenvalue weighted by molar-refractivity contribution is -0.118. The number of H-pyrrole nitrogens is 1. The Balaban J connectivity index is 0.00000680. The number of benzene rings is 5. The molecule has 7 rings (SSSR count). The van der Waals surface area contributed by atoms with Crippen molar-refractivity contribution in [3.05, 3.63) is 159 Å². The molecule has 0 bridgehead atoms. The number of likely N-dealkylation sites (tertiary alicyclic amines) is 1. The van der Waals surface area contributed by atoms with Crippen molar-refractivity contribution in [2.45, 2.75) is 78.4 Å². The van der Waals surface area contributed by atoms with Crippen LogP contribution in [0.1, 0.15) is 85.2 Å². The number of hydrogen-bond acceptors (Lipinski definition) is 8. The molecule has 0 saturated carbocycles. The predicted molar refractivity (Wildman–Crippen MR) is 255 cm³/mol. The number of ether oxygens (including phenoxy) is 1. The number of aryl methyl sites for hydroxylation is 1. The third-order valence-electron chi connectivity index (χ3n) is 12.1. The van der Waals surface area contributed by atoms with Gasteiger partial charge in [0.05, 0.1) is 17.3 Å². The minimum Gasteiger partial charge on any atom is -0.506 e. The smallest absolute Gasteiger partial charge is 0.411 e. The van der Waals surface area contributed by atoms with Crippen LogP contribution in [0.5, 0.6) is 5.75 Å². The number of amides is 2. The second-order valence-corrected chi connectivity index (χ2v) is 16.8. The summed E-state index contributed by atoms with van der Waals surface area (Å²) in [5.41, 5.74) is 7.45. The average Bonchev–Trinajstić information content (AvgIpc) is 3.28. The Bertz CT molecular complexity index is 2620. The Labute approximate surface area is 375 Å². The highest BCUT2D eigenvalue weighted by molar-refractivity contribution is 6.00. The summed E-state index contributed by atoms with van der Waals surface area (Å²) in [7, 11) is 1.76. The highest BCUT2D eigenvalue weighted by Gasteiger charge is 2.25. The van der Waals surface area contributed by atoms with Crippen LogP contribution < -0.4 is 15.8 Å². The van der Waals surface area contributed by atoms with Gasteiger partial charge >= 0.3 is 6.09 Å². The summed E-state index contributed by atoms with van der Waals surface area (Å²) in [6, 6.07) is 37.3. The second kappa shape index (κ2) is 21.7. The number of nitrogens with one attached hydrogen (secondary N) is 2. The van der Waals surface area contributed by atoms with E-state index in [2.05, 4.69) is 34.3 Å². The zero-order valence-corrected chi connectivity index (χ0v) is 36.2. The molecule has 1 aliphatic rings. The fraction of sp³-hybridized carbons (Fsp3) is 0.321. The standard InChI is InChI=1S/C52H56N4O7.CH4/c1-34(16-21-46(57)42-19-22-47(58)51-43(42)20-23-49(60)54-51)30-36-10-9-11-37(31-36)32-48(59)39-18-17-35(2)45(33-39)55(3)50(61)26-29-56-27-24-40(25-28-56)63-52(62)53-44-15-8-7-14-41(44)38-12-5-4-6-13-38;/h4-15,17-20,22-23,31,33-34,40,46,57-58H,16,21,24-30,32H2,1-3H3,(H,53,62)(H,54,60);1H4/t34?,46-;/m0./s1. The van der Waals surface area contributed by atoms with E-state index in [4.69, 9.17) is 4.74 Å². The SMILES string of the molecule is C.Cc1ccc(C(=O)Cc2cccc(CC(C)CC[C@H](O)c3ccc(O)c4[nH]c(=O)ccc34)c2)cc1N(C)C(=O)CCN1CCC(OC(=O)Nc2ccccc2-c2ccccc2)CC1. The molecule has 0 aliphatic carbocycles. The predicted octanol–water partition coefficient (Wildman–Crippen LogP) is 10.0. The maximum Gasteiger partial charge on any atom is 0.411 e. The highest BCUT2D eigenvalue weighted by atomic mass is 16.6. The first kappa shape index (κ1) is 46.9. The Kier molecular flexibility index (Phi) is 15.9. The lowest BCUT2D eigenvalue weighted by atomic mass is 9.91. The normalized spacial score (nSPS) is 14.0. The lowest BCUT2D eigenvalue weighted by Crippen LogP contribution is -2.40. The number of ketones is 1. The molecule has 5 aromatic carbocycles. The first-order chi connectivity index (χ1) is 30.4. The van der Waals surface area contributed by atoms with Gasteiger partial charge in [-0.3, -0.25) is 19.7 Å². The van der Waals surface area contributed by atoms with Crippen molar-refractivity contribution in [2.75, 3.05) is 36.9 Å². The fourth-order valence-electron chi connectivity index (χ4n) is 8.51. The van der Waals surface area contributed by atoms with Gasteiger partial charge in [-0.2, -0.15) is 0 Å².